The van der Waals surface area contributed by atoms with Crippen molar-refractivity contribution in [2.24, 2.45) is 0 Å². The molecule has 2 aromatic rings. The summed E-state index contributed by atoms with van der Waals surface area (Å²) in [5, 5.41) is 0. The van der Waals surface area contributed by atoms with Crippen LogP contribution in [-0.2, 0) is 9.53 Å². The van der Waals surface area contributed by atoms with E-state index in [1.165, 1.54) is 0 Å². The molecule has 1 aliphatic rings. The first-order valence-electron chi connectivity index (χ1n) is 10.7. The Labute approximate surface area is 184 Å². The number of hydrogen-bond acceptors (Lipinski definition) is 6. The van der Waals surface area contributed by atoms with Crippen molar-refractivity contribution in [1.29, 1.82) is 0 Å². The highest BCUT2D eigenvalue weighted by Gasteiger charge is 2.22. The number of carbonyl (C=O) groups is 2. The van der Waals surface area contributed by atoms with Gasteiger partial charge in [-0.2, -0.15) is 0 Å². The lowest BCUT2D eigenvalue weighted by molar-refractivity contribution is -0.134. The fourth-order valence-corrected chi connectivity index (χ4v) is 3.71. The first kappa shape index (κ1) is 22.5. The summed E-state index contributed by atoms with van der Waals surface area (Å²) in [5.41, 5.74) is 2.62. The third kappa shape index (κ3) is 5.69. The zero-order valence-electron chi connectivity index (χ0n) is 18.5. The first-order chi connectivity index (χ1) is 15.0. The number of hydrogen-bond donors (Lipinski definition) is 0. The van der Waals surface area contributed by atoms with E-state index in [2.05, 4.69) is 23.6 Å². The minimum Gasteiger partial charge on any atom is -0.497 e. The van der Waals surface area contributed by atoms with Gasteiger partial charge in [0.1, 0.15) is 5.75 Å². The Morgan fingerprint density at radius 2 is 1.52 bits per heavy atom. The Morgan fingerprint density at radius 1 is 0.903 bits per heavy atom. The average molecular weight is 426 g/mol. The van der Waals surface area contributed by atoms with Crippen LogP contribution in [0.15, 0.2) is 48.5 Å². The Morgan fingerprint density at radius 3 is 2.06 bits per heavy atom. The second kappa shape index (κ2) is 10.7. The maximum absolute atomic E-state index is 12.5. The number of carbonyl (C=O) groups excluding carboxylic acids is 2. The highest BCUT2D eigenvalue weighted by Crippen LogP contribution is 2.20. The van der Waals surface area contributed by atoms with Crippen LogP contribution >= 0.6 is 0 Å². The lowest BCUT2D eigenvalue weighted by Crippen LogP contribution is -2.49. The summed E-state index contributed by atoms with van der Waals surface area (Å²) in [4.78, 5) is 31.0. The molecule has 0 bridgehead atoms. The number of amides is 1. The molecule has 0 radical (unpaired) electrons. The van der Waals surface area contributed by atoms with E-state index < -0.39 is 5.97 Å². The third-order valence-electron chi connectivity index (χ3n) is 5.63. The van der Waals surface area contributed by atoms with Crippen LogP contribution in [0.3, 0.4) is 0 Å². The number of ether oxygens (including phenoxy) is 2. The third-order valence-corrected chi connectivity index (χ3v) is 5.63. The number of anilines is 2. The second-order valence-corrected chi connectivity index (χ2v) is 7.36. The van der Waals surface area contributed by atoms with Crippen LogP contribution in [0.25, 0.3) is 0 Å². The summed E-state index contributed by atoms with van der Waals surface area (Å²) >= 11 is 0. The molecule has 0 spiro atoms. The predicted molar refractivity (Wildman–Crippen MR) is 122 cm³/mol. The maximum Gasteiger partial charge on any atom is 0.338 e. The minimum absolute atomic E-state index is 0.164. The molecule has 0 saturated carbocycles. The van der Waals surface area contributed by atoms with Gasteiger partial charge in [0.25, 0.3) is 5.91 Å². The molecule has 0 aromatic heterocycles. The molecule has 31 heavy (non-hydrogen) atoms. The molecule has 1 aliphatic heterocycles. The Hall–Kier alpha value is -3.22. The average Bonchev–Trinajstić information content (AvgIpc) is 2.83. The predicted octanol–water partition coefficient (Wildman–Crippen LogP) is 3.05. The number of benzene rings is 2. The molecule has 1 fully saturated rings. The summed E-state index contributed by atoms with van der Waals surface area (Å²) in [5.74, 6) is 0.181. The van der Waals surface area contributed by atoms with Gasteiger partial charge in [-0.1, -0.05) is 0 Å². The number of esters is 1. The van der Waals surface area contributed by atoms with E-state index >= 15 is 0 Å². The van der Waals surface area contributed by atoms with Gasteiger partial charge in [-0.05, 0) is 62.4 Å². The van der Waals surface area contributed by atoms with Crippen LogP contribution in [0.2, 0.25) is 0 Å². The van der Waals surface area contributed by atoms with Gasteiger partial charge in [0.2, 0.25) is 0 Å². The van der Waals surface area contributed by atoms with Crippen LogP contribution in [0, 0.1) is 0 Å². The molecule has 0 atom stereocenters. The molecule has 166 valence electrons. The minimum atomic E-state index is -0.476. The maximum atomic E-state index is 12.5. The van der Waals surface area contributed by atoms with Crippen molar-refractivity contribution < 1.29 is 19.1 Å². The van der Waals surface area contributed by atoms with E-state index in [0.717, 1.165) is 43.3 Å². The van der Waals surface area contributed by atoms with Crippen molar-refractivity contribution in [3.63, 3.8) is 0 Å². The molecular formula is C24H31N3O4. The SMILES string of the molecule is CCN(CC)c1ccc(C(=O)OCC(=O)N2CCN(c3ccc(OC)cc3)CC2)cc1. The fraction of sp³-hybridized carbons (Fsp3) is 0.417. The number of methoxy groups -OCH3 is 1. The monoisotopic (exact) mass is 425 g/mol. The molecule has 1 saturated heterocycles. The van der Waals surface area contributed by atoms with E-state index in [0.29, 0.717) is 18.7 Å². The zero-order valence-corrected chi connectivity index (χ0v) is 18.5. The van der Waals surface area contributed by atoms with Gasteiger partial charge in [0.05, 0.1) is 12.7 Å². The second-order valence-electron chi connectivity index (χ2n) is 7.36. The van der Waals surface area contributed by atoms with E-state index in [1.807, 2.05) is 36.4 Å². The Bertz CT molecular complexity index is 855. The summed E-state index contributed by atoms with van der Waals surface area (Å²) in [6.07, 6.45) is 0. The molecule has 0 N–H and O–H groups in total. The normalized spacial score (nSPS) is 13.6. The summed E-state index contributed by atoms with van der Waals surface area (Å²) in [7, 11) is 1.65. The number of rotatable bonds is 8. The van der Waals surface area contributed by atoms with Crippen molar-refractivity contribution in [1.82, 2.24) is 4.90 Å². The topological polar surface area (TPSA) is 62.3 Å². The Balaban J connectivity index is 1.46. The smallest absolute Gasteiger partial charge is 0.338 e. The molecule has 7 nitrogen and oxygen atoms in total. The van der Waals surface area contributed by atoms with Crippen molar-refractivity contribution in [3.8, 4) is 5.75 Å². The van der Waals surface area contributed by atoms with Crippen LogP contribution in [0.1, 0.15) is 24.2 Å². The van der Waals surface area contributed by atoms with Gasteiger partial charge in [0.15, 0.2) is 6.61 Å². The van der Waals surface area contributed by atoms with Gasteiger partial charge in [0, 0.05) is 50.6 Å². The van der Waals surface area contributed by atoms with Crippen molar-refractivity contribution in [2.45, 2.75) is 13.8 Å². The molecule has 0 aliphatic carbocycles. The quantitative estimate of drug-likeness (QED) is 0.606. The van der Waals surface area contributed by atoms with Gasteiger partial charge in [-0.3, -0.25) is 4.79 Å². The summed E-state index contributed by atoms with van der Waals surface area (Å²) in [6.45, 7) is 8.42. The van der Waals surface area contributed by atoms with Crippen LogP contribution in [-0.4, -0.2) is 69.8 Å². The fourth-order valence-electron chi connectivity index (χ4n) is 3.71. The molecule has 7 heteroatoms. The standard InChI is InChI=1S/C24H31N3O4/c1-4-25(5-2)20-8-6-19(7-9-20)24(29)31-18-23(28)27-16-14-26(15-17-27)21-10-12-22(30-3)13-11-21/h6-13H,4-5,14-18H2,1-3H3. The molecule has 1 amide bonds. The zero-order chi connectivity index (χ0) is 22.2. The van der Waals surface area contributed by atoms with Gasteiger partial charge >= 0.3 is 5.97 Å². The van der Waals surface area contributed by atoms with Gasteiger partial charge < -0.3 is 24.2 Å². The van der Waals surface area contributed by atoms with E-state index in [4.69, 9.17) is 9.47 Å². The van der Waals surface area contributed by atoms with Crippen LogP contribution < -0.4 is 14.5 Å². The molecule has 3 rings (SSSR count). The lowest BCUT2D eigenvalue weighted by atomic mass is 10.2. The lowest BCUT2D eigenvalue weighted by Gasteiger charge is -2.36. The van der Waals surface area contributed by atoms with E-state index in [1.54, 1.807) is 24.1 Å². The van der Waals surface area contributed by atoms with Crippen LogP contribution in [0.5, 0.6) is 5.75 Å². The van der Waals surface area contributed by atoms with Gasteiger partial charge in [-0.25, -0.2) is 4.79 Å². The highest BCUT2D eigenvalue weighted by atomic mass is 16.5. The van der Waals surface area contributed by atoms with Crippen LogP contribution in [0.4, 0.5) is 11.4 Å². The first-order valence-corrected chi connectivity index (χ1v) is 10.7. The summed E-state index contributed by atoms with van der Waals surface area (Å²) < 4.78 is 10.5. The van der Waals surface area contributed by atoms with Crippen molar-refractivity contribution in [2.75, 3.05) is 62.8 Å². The number of piperazine rings is 1. The van der Waals surface area contributed by atoms with E-state index in [9.17, 15) is 9.59 Å². The van der Waals surface area contributed by atoms with Crippen molar-refractivity contribution >= 4 is 23.3 Å². The van der Waals surface area contributed by atoms with Gasteiger partial charge in [-0.15, -0.1) is 0 Å². The van der Waals surface area contributed by atoms with E-state index in [-0.39, 0.29) is 12.5 Å². The molecule has 2 aromatic carbocycles. The molecule has 0 unspecified atom stereocenters. The largest absolute Gasteiger partial charge is 0.497 e. The molecule has 1 heterocycles. The molecular weight excluding hydrogens is 394 g/mol. The Kier molecular flexibility index (Phi) is 7.76. The highest BCUT2D eigenvalue weighted by molar-refractivity contribution is 5.91. The van der Waals surface area contributed by atoms with Crippen molar-refractivity contribution in [3.05, 3.63) is 54.1 Å². The summed E-state index contributed by atoms with van der Waals surface area (Å²) in [6, 6.07) is 15.2. The number of nitrogens with zero attached hydrogens (tertiary/aromatic N) is 3.